The maximum absolute atomic E-state index is 5.64. The minimum atomic E-state index is -0.128. The zero-order valence-electron chi connectivity index (χ0n) is 46.8. The molecule has 5 heteroatoms. The summed E-state index contributed by atoms with van der Waals surface area (Å²) < 4.78 is 5.44. The molecular formula is C68H73BN4. The van der Waals surface area contributed by atoms with E-state index in [1.165, 1.54) is 105 Å². The van der Waals surface area contributed by atoms with Crippen LogP contribution < -0.4 is 16.4 Å². The Balaban J connectivity index is 1.37. The summed E-state index contributed by atoms with van der Waals surface area (Å²) >= 11 is 0. The van der Waals surface area contributed by atoms with Crippen molar-refractivity contribution in [1.29, 1.82) is 0 Å². The molecule has 0 N–H and O–H groups in total. The standard InChI is InChI=1S/C68H73BN4/c1-63(2,3)40-34-45(67(13,14)15)54-50(36-40)72-52-32-39(59-42-26-22-23-27-49(42)70-62(71-59)38-24-20-19-21-25-38)33-53-58(52)69(47-30-28-43(65(7,8)9)56(54)60(47)72)48-31-29-44(66(10,11)12)57-55-46(68(16,17)18)35-41(64(4,5)6)37-51(55)73(53)61(48)57/h19-37H,1-18H3. The minimum absolute atomic E-state index is 0.0249. The third kappa shape index (κ3) is 6.99. The minimum Gasteiger partial charge on any atom is -0.310 e. The fourth-order valence-electron chi connectivity index (χ4n) is 12.8. The van der Waals surface area contributed by atoms with E-state index >= 15 is 0 Å². The first-order valence-electron chi connectivity index (χ1n) is 26.9. The van der Waals surface area contributed by atoms with Crippen molar-refractivity contribution in [2.45, 2.75) is 157 Å². The van der Waals surface area contributed by atoms with Gasteiger partial charge in [-0.15, -0.1) is 0 Å². The van der Waals surface area contributed by atoms with Crippen LogP contribution in [-0.2, 0) is 32.5 Å². The first-order chi connectivity index (χ1) is 34.0. The van der Waals surface area contributed by atoms with Gasteiger partial charge in [-0.2, -0.15) is 0 Å². The van der Waals surface area contributed by atoms with Crippen molar-refractivity contribution >= 4 is 77.6 Å². The predicted octanol–water partition coefficient (Wildman–Crippen LogP) is 16.1. The van der Waals surface area contributed by atoms with Gasteiger partial charge in [0.2, 0.25) is 0 Å². The number of hydrogen-bond acceptors (Lipinski definition) is 2. The van der Waals surface area contributed by atoms with Gasteiger partial charge in [0, 0.05) is 60.5 Å². The van der Waals surface area contributed by atoms with Gasteiger partial charge in [0.1, 0.15) is 0 Å². The monoisotopic (exact) mass is 957 g/mol. The first kappa shape index (κ1) is 47.5. The summed E-state index contributed by atoms with van der Waals surface area (Å²) in [6.45, 7) is 43.1. The van der Waals surface area contributed by atoms with E-state index in [4.69, 9.17) is 9.97 Å². The number of benzene rings is 7. The molecule has 12 rings (SSSR count). The van der Waals surface area contributed by atoms with Crippen LogP contribution in [0.15, 0.2) is 115 Å². The third-order valence-electron chi connectivity index (χ3n) is 16.5. The Morgan fingerprint density at radius 3 is 1.26 bits per heavy atom. The van der Waals surface area contributed by atoms with Crippen LogP contribution in [0.2, 0.25) is 0 Å². The van der Waals surface area contributed by atoms with E-state index in [2.05, 4.69) is 249 Å². The summed E-state index contributed by atoms with van der Waals surface area (Å²) in [5.74, 6) is 0.732. The van der Waals surface area contributed by atoms with Crippen molar-refractivity contribution in [2.24, 2.45) is 0 Å². The largest absolute Gasteiger partial charge is 0.310 e. The van der Waals surface area contributed by atoms with Crippen molar-refractivity contribution in [3.05, 3.63) is 149 Å². The van der Waals surface area contributed by atoms with Gasteiger partial charge in [0.05, 0.1) is 22.2 Å². The van der Waals surface area contributed by atoms with E-state index in [1.54, 1.807) is 0 Å². The highest BCUT2D eigenvalue weighted by molar-refractivity contribution is 7.00. The second-order valence-electron chi connectivity index (χ2n) is 28.0. The second-order valence-corrected chi connectivity index (χ2v) is 28.0. The zero-order chi connectivity index (χ0) is 52.0. The van der Waals surface area contributed by atoms with Gasteiger partial charge in [0.25, 0.3) is 6.71 Å². The summed E-state index contributed by atoms with van der Waals surface area (Å²) in [6, 6.07) is 44.4. The number of hydrogen-bond donors (Lipinski definition) is 0. The molecule has 73 heavy (non-hydrogen) atoms. The highest BCUT2D eigenvalue weighted by Gasteiger charge is 2.44. The highest BCUT2D eigenvalue weighted by atomic mass is 15.0. The smallest absolute Gasteiger partial charge is 0.252 e. The normalized spacial score (nSPS) is 14.1. The zero-order valence-corrected chi connectivity index (χ0v) is 46.8. The lowest BCUT2D eigenvalue weighted by molar-refractivity contribution is 0.572. The lowest BCUT2D eigenvalue weighted by Gasteiger charge is -2.35. The van der Waals surface area contributed by atoms with Crippen molar-refractivity contribution < 1.29 is 0 Å². The van der Waals surface area contributed by atoms with Crippen LogP contribution in [0, 0.1) is 0 Å². The summed E-state index contributed by atoms with van der Waals surface area (Å²) in [4.78, 5) is 10.9. The van der Waals surface area contributed by atoms with Crippen LogP contribution >= 0.6 is 0 Å². The van der Waals surface area contributed by atoms with E-state index < -0.39 is 0 Å². The average Bonchev–Trinajstić information content (AvgIpc) is 3.83. The van der Waals surface area contributed by atoms with E-state index in [0.29, 0.717) is 0 Å². The predicted molar refractivity (Wildman–Crippen MR) is 316 cm³/mol. The molecule has 368 valence electrons. The Morgan fingerprint density at radius 2 is 0.822 bits per heavy atom. The summed E-state index contributed by atoms with van der Waals surface area (Å²) in [6.07, 6.45) is 0. The molecule has 10 aromatic rings. The van der Waals surface area contributed by atoms with Crippen LogP contribution in [-0.4, -0.2) is 25.8 Å². The molecule has 0 saturated heterocycles. The van der Waals surface area contributed by atoms with Gasteiger partial charge in [-0.25, -0.2) is 9.97 Å². The Labute approximate surface area is 434 Å². The number of fused-ring (bicyclic) bond motifs is 11. The van der Waals surface area contributed by atoms with Crippen molar-refractivity contribution in [3.8, 4) is 34.0 Å². The van der Waals surface area contributed by atoms with Crippen LogP contribution in [0.25, 0.3) is 88.5 Å². The molecular weight excluding hydrogens is 884 g/mol. The van der Waals surface area contributed by atoms with Crippen molar-refractivity contribution in [2.75, 3.05) is 0 Å². The number of rotatable bonds is 2. The van der Waals surface area contributed by atoms with Crippen molar-refractivity contribution in [3.63, 3.8) is 0 Å². The van der Waals surface area contributed by atoms with E-state index in [9.17, 15) is 0 Å². The Hall–Kier alpha value is -6.46. The molecule has 7 aromatic carbocycles. The maximum Gasteiger partial charge on any atom is 0.252 e. The van der Waals surface area contributed by atoms with Crippen LogP contribution in [0.3, 0.4) is 0 Å². The molecule has 4 nitrogen and oxygen atoms in total. The van der Waals surface area contributed by atoms with E-state index in [0.717, 1.165) is 33.5 Å². The summed E-state index contributed by atoms with van der Waals surface area (Å²) in [5, 5.41) is 6.58. The molecule has 5 heterocycles. The first-order valence-corrected chi connectivity index (χ1v) is 26.9. The molecule has 0 radical (unpaired) electrons. The Kier molecular flexibility index (Phi) is 9.82. The van der Waals surface area contributed by atoms with Gasteiger partial charge in [-0.05, 0) is 113 Å². The highest BCUT2D eigenvalue weighted by Crippen LogP contribution is 2.50. The Bertz CT molecular complexity index is 3810. The SMILES string of the molecule is CC(C)(C)c1cc(C(C)(C)C)c2c3c(C(C)(C)C)ccc4c3n(c2c1)-c1cc(-c2nc(-c3ccccc3)nc3ccccc23)cc2c1B4c1ccc(C(C)(C)C)c3c4c(C(C)(C)C)cc(C(C)(C)C)cc4n-2c13. The number of aromatic nitrogens is 4. The van der Waals surface area contributed by atoms with Gasteiger partial charge in [0.15, 0.2) is 5.82 Å². The molecule has 0 fully saturated rings. The molecule has 2 aliphatic rings. The van der Waals surface area contributed by atoms with Gasteiger partial charge >= 0.3 is 0 Å². The van der Waals surface area contributed by atoms with E-state index in [1.807, 2.05) is 0 Å². The van der Waals surface area contributed by atoms with Gasteiger partial charge < -0.3 is 9.13 Å². The molecule has 0 spiro atoms. The lowest BCUT2D eigenvalue weighted by atomic mass is 9.34. The summed E-state index contributed by atoms with van der Waals surface area (Å²) in [5.41, 5.74) is 23.4. The number of nitrogens with zero attached hydrogens (tertiary/aromatic N) is 4. The lowest BCUT2D eigenvalue weighted by Crippen LogP contribution is -2.59. The van der Waals surface area contributed by atoms with Crippen LogP contribution in [0.1, 0.15) is 158 Å². The topological polar surface area (TPSA) is 35.6 Å². The van der Waals surface area contributed by atoms with Crippen molar-refractivity contribution in [1.82, 2.24) is 19.1 Å². The molecule has 0 aliphatic carbocycles. The fraction of sp³-hybridized carbons (Fsp3) is 0.353. The fourth-order valence-corrected chi connectivity index (χ4v) is 12.8. The Morgan fingerprint density at radius 1 is 0.384 bits per heavy atom. The van der Waals surface area contributed by atoms with E-state index in [-0.39, 0.29) is 39.2 Å². The molecule has 0 unspecified atom stereocenters. The number of para-hydroxylation sites is 1. The molecule has 3 aromatic heterocycles. The second kappa shape index (κ2) is 15.1. The van der Waals surface area contributed by atoms with Gasteiger partial charge in [-0.1, -0.05) is 210 Å². The quantitative estimate of drug-likeness (QED) is 0.162. The molecule has 0 saturated carbocycles. The molecule has 0 amide bonds. The van der Waals surface area contributed by atoms with Crippen LogP contribution in [0.4, 0.5) is 0 Å². The molecule has 2 aliphatic heterocycles. The summed E-state index contributed by atoms with van der Waals surface area (Å²) in [7, 11) is 0. The molecule has 0 atom stereocenters. The third-order valence-corrected chi connectivity index (χ3v) is 16.5. The van der Waals surface area contributed by atoms with Crippen LogP contribution in [0.5, 0.6) is 0 Å². The van der Waals surface area contributed by atoms with Gasteiger partial charge in [-0.3, -0.25) is 0 Å². The maximum atomic E-state index is 5.64. The molecule has 0 bridgehead atoms. The average molecular weight is 957 g/mol.